The summed E-state index contributed by atoms with van der Waals surface area (Å²) >= 11 is 0. The van der Waals surface area contributed by atoms with Crippen LogP contribution in [0.2, 0.25) is 0 Å². The van der Waals surface area contributed by atoms with Crippen LogP contribution in [0.25, 0.3) is 0 Å². The van der Waals surface area contributed by atoms with Crippen molar-refractivity contribution >= 4 is 16.7 Å². The van der Waals surface area contributed by atoms with Crippen molar-refractivity contribution in [3.8, 4) is 0 Å². The molecule has 5 heteroatoms. The second-order valence-electron chi connectivity index (χ2n) is 4.56. The maximum atomic E-state index is 11.6. The van der Waals surface area contributed by atoms with Gasteiger partial charge in [-0.1, -0.05) is 6.92 Å². The second kappa shape index (κ2) is 6.35. The molecule has 16 heavy (non-hydrogen) atoms. The first-order valence-electron chi connectivity index (χ1n) is 5.86. The summed E-state index contributed by atoms with van der Waals surface area (Å²) in [5.41, 5.74) is 0. The molecule has 1 aliphatic rings. The van der Waals surface area contributed by atoms with Gasteiger partial charge < -0.3 is 10.6 Å². The van der Waals surface area contributed by atoms with Gasteiger partial charge in [0.2, 0.25) is 5.91 Å². The van der Waals surface area contributed by atoms with Crippen LogP contribution in [0.15, 0.2) is 0 Å². The lowest BCUT2D eigenvalue weighted by molar-refractivity contribution is -0.122. The molecule has 2 N–H and O–H groups in total. The number of nitrogens with one attached hydrogen (secondary N) is 2. The Labute approximate surface area is 100 Å². The van der Waals surface area contributed by atoms with Gasteiger partial charge in [0.25, 0.3) is 0 Å². The summed E-state index contributed by atoms with van der Waals surface area (Å²) in [6, 6.07) is 0.261. The number of carbonyl (C=O) groups is 1. The summed E-state index contributed by atoms with van der Waals surface area (Å²) in [5.74, 6) is 0.0766. The number of hydrogen-bond acceptors (Lipinski definition) is 3. The lowest BCUT2D eigenvalue weighted by Crippen LogP contribution is -2.43. The zero-order valence-corrected chi connectivity index (χ0v) is 11.1. The highest BCUT2D eigenvalue weighted by molar-refractivity contribution is 7.84. The van der Waals surface area contributed by atoms with Gasteiger partial charge in [-0.05, 0) is 32.7 Å². The zero-order chi connectivity index (χ0) is 12.1. The Morgan fingerprint density at radius 3 is 2.56 bits per heavy atom. The fraction of sp³-hybridized carbons (Fsp3) is 0.909. The molecule has 0 heterocycles. The van der Waals surface area contributed by atoms with Crippen molar-refractivity contribution in [3.05, 3.63) is 0 Å². The van der Waals surface area contributed by atoms with Crippen LogP contribution in [-0.2, 0) is 15.6 Å². The molecule has 0 aromatic carbocycles. The Morgan fingerprint density at radius 1 is 1.44 bits per heavy atom. The molecule has 0 radical (unpaired) electrons. The molecule has 0 saturated heterocycles. The van der Waals surface area contributed by atoms with Crippen LogP contribution in [0.5, 0.6) is 0 Å². The third kappa shape index (κ3) is 5.07. The third-order valence-corrected chi connectivity index (χ3v) is 4.25. The van der Waals surface area contributed by atoms with Crippen molar-refractivity contribution in [3.63, 3.8) is 0 Å². The molecular weight excluding hydrogens is 224 g/mol. The Kier molecular flexibility index (Phi) is 5.41. The highest BCUT2D eigenvalue weighted by Crippen LogP contribution is 2.18. The summed E-state index contributed by atoms with van der Waals surface area (Å²) in [7, 11) is -0.775. The van der Waals surface area contributed by atoms with E-state index in [9.17, 15) is 9.00 Å². The molecule has 0 aromatic heterocycles. The standard InChI is InChI=1S/C11H22N2O2S/c1-8(16(3)15)6-7-12-9(2)11(14)13-10-4-5-10/h8-10,12H,4-7H2,1-3H3,(H,13,14). The van der Waals surface area contributed by atoms with Gasteiger partial charge in [0.15, 0.2) is 0 Å². The molecule has 0 bridgehead atoms. The van der Waals surface area contributed by atoms with Gasteiger partial charge in [0, 0.05) is 28.3 Å². The van der Waals surface area contributed by atoms with E-state index in [1.54, 1.807) is 6.26 Å². The molecule has 1 rings (SSSR count). The molecule has 1 fully saturated rings. The largest absolute Gasteiger partial charge is 0.352 e. The molecular formula is C11H22N2O2S. The summed E-state index contributed by atoms with van der Waals surface area (Å²) in [6.45, 7) is 4.57. The van der Waals surface area contributed by atoms with E-state index in [4.69, 9.17) is 0 Å². The SMILES string of the molecule is CC(NCCC(C)S(C)=O)C(=O)NC1CC1. The quantitative estimate of drug-likeness (QED) is 0.683. The van der Waals surface area contributed by atoms with Crippen LogP contribution in [0.3, 0.4) is 0 Å². The van der Waals surface area contributed by atoms with Crippen molar-refractivity contribution in [2.45, 2.75) is 50.4 Å². The lowest BCUT2D eigenvalue weighted by atomic mass is 10.2. The lowest BCUT2D eigenvalue weighted by Gasteiger charge is -2.15. The van der Waals surface area contributed by atoms with Gasteiger partial charge in [-0.3, -0.25) is 9.00 Å². The van der Waals surface area contributed by atoms with Gasteiger partial charge in [0.05, 0.1) is 6.04 Å². The highest BCUT2D eigenvalue weighted by Gasteiger charge is 2.25. The van der Waals surface area contributed by atoms with E-state index in [-0.39, 0.29) is 17.2 Å². The first kappa shape index (κ1) is 13.6. The molecule has 1 saturated carbocycles. The minimum atomic E-state index is -0.775. The molecule has 0 spiro atoms. The highest BCUT2D eigenvalue weighted by atomic mass is 32.2. The summed E-state index contributed by atoms with van der Waals surface area (Å²) in [4.78, 5) is 11.6. The maximum absolute atomic E-state index is 11.6. The smallest absolute Gasteiger partial charge is 0.237 e. The van der Waals surface area contributed by atoms with Crippen LogP contribution >= 0.6 is 0 Å². The van der Waals surface area contributed by atoms with Crippen LogP contribution in [0.4, 0.5) is 0 Å². The van der Waals surface area contributed by atoms with Crippen molar-refractivity contribution in [1.29, 1.82) is 0 Å². The zero-order valence-electron chi connectivity index (χ0n) is 10.3. The molecule has 94 valence electrons. The van der Waals surface area contributed by atoms with E-state index < -0.39 is 10.8 Å². The Hall–Kier alpha value is -0.420. The number of hydrogen-bond donors (Lipinski definition) is 2. The Balaban J connectivity index is 2.11. The predicted molar refractivity (Wildman–Crippen MR) is 66.8 cm³/mol. The monoisotopic (exact) mass is 246 g/mol. The van der Waals surface area contributed by atoms with E-state index in [2.05, 4.69) is 10.6 Å². The van der Waals surface area contributed by atoms with E-state index in [0.717, 1.165) is 25.8 Å². The van der Waals surface area contributed by atoms with E-state index in [0.29, 0.717) is 6.04 Å². The molecule has 0 aliphatic heterocycles. The van der Waals surface area contributed by atoms with Gasteiger partial charge in [0.1, 0.15) is 0 Å². The molecule has 1 amide bonds. The van der Waals surface area contributed by atoms with Crippen LogP contribution in [0, 0.1) is 0 Å². The average molecular weight is 246 g/mol. The minimum absolute atomic E-state index is 0.0766. The molecule has 3 atom stereocenters. The molecule has 0 aromatic rings. The summed E-state index contributed by atoms with van der Waals surface area (Å²) in [5, 5.41) is 6.29. The first-order valence-corrected chi connectivity index (χ1v) is 7.49. The first-order chi connectivity index (χ1) is 7.50. The van der Waals surface area contributed by atoms with Crippen LogP contribution in [-0.4, -0.2) is 40.3 Å². The van der Waals surface area contributed by atoms with E-state index >= 15 is 0 Å². The minimum Gasteiger partial charge on any atom is -0.352 e. The van der Waals surface area contributed by atoms with Crippen molar-refractivity contribution in [1.82, 2.24) is 10.6 Å². The van der Waals surface area contributed by atoms with Crippen LogP contribution < -0.4 is 10.6 Å². The molecule has 3 unspecified atom stereocenters. The third-order valence-electron chi connectivity index (χ3n) is 2.89. The summed E-state index contributed by atoms with van der Waals surface area (Å²) < 4.78 is 11.1. The normalized spacial score (nSPS) is 21.2. The van der Waals surface area contributed by atoms with Gasteiger partial charge in [-0.25, -0.2) is 0 Å². The van der Waals surface area contributed by atoms with Gasteiger partial charge in [-0.2, -0.15) is 0 Å². The van der Waals surface area contributed by atoms with Crippen molar-refractivity contribution in [2.75, 3.05) is 12.8 Å². The summed E-state index contributed by atoms with van der Waals surface area (Å²) in [6.07, 6.45) is 4.78. The van der Waals surface area contributed by atoms with E-state index in [1.165, 1.54) is 0 Å². The molecule has 4 nitrogen and oxygen atoms in total. The van der Waals surface area contributed by atoms with Crippen LogP contribution in [0.1, 0.15) is 33.1 Å². The van der Waals surface area contributed by atoms with E-state index in [1.807, 2.05) is 13.8 Å². The fourth-order valence-corrected chi connectivity index (χ4v) is 1.77. The topological polar surface area (TPSA) is 58.2 Å². The Morgan fingerprint density at radius 2 is 2.06 bits per heavy atom. The van der Waals surface area contributed by atoms with Gasteiger partial charge >= 0.3 is 0 Å². The number of amides is 1. The fourth-order valence-electron chi connectivity index (χ4n) is 1.32. The molecule has 1 aliphatic carbocycles. The Bertz CT molecular complexity index is 267. The van der Waals surface area contributed by atoms with Crippen molar-refractivity contribution in [2.24, 2.45) is 0 Å². The number of carbonyl (C=O) groups excluding carboxylic acids is 1. The van der Waals surface area contributed by atoms with Gasteiger partial charge in [-0.15, -0.1) is 0 Å². The average Bonchev–Trinajstić information content (AvgIpc) is 3.00. The maximum Gasteiger partial charge on any atom is 0.237 e. The number of rotatable bonds is 7. The predicted octanol–water partition coefficient (Wildman–Crippen LogP) is 0.400. The second-order valence-corrected chi connectivity index (χ2v) is 6.36. The van der Waals surface area contributed by atoms with Crippen molar-refractivity contribution < 1.29 is 9.00 Å².